The van der Waals surface area contributed by atoms with Crippen molar-refractivity contribution in [3.8, 4) is 11.8 Å². The van der Waals surface area contributed by atoms with Gasteiger partial charge in [0.05, 0.1) is 12.7 Å². The summed E-state index contributed by atoms with van der Waals surface area (Å²) in [6.07, 6.45) is 2.03. The number of benzene rings is 1. The molecule has 0 aliphatic heterocycles. The van der Waals surface area contributed by atoms with E-state index in [1.54, 1.807) is 13.2 Å². The third-order valence-corrected chi connectivity index (χ3v) is 2.65. The first kappa shape index (κ1) is 13.1. The predicted octanol–water partition coefficient (Wildman–Crippen LogP) is 1.28. The fourth-order valence-electron chi connectivity index (χ4n) is 1.67. The van der Waals surface area contributed by atoms with Gasteiger partial charge in [0.25, 0.3) is 0 Å². The fourth-order valence-corrected chi connectivity index (χ4v) is 1.67. The number of nitrogens with one attached hydrogen (secondary N) is 1. The highest BCUT2D eigenvalue weighted by Crippen LogP contribution is 2.18. The summed E-state index contributed by atoms with van der Waals surface area (Å²) in [6, 6.07) is 7.61. The van der Waals surface area contributed by atoms with E-state index in [0.29, 0.717) is 30.1 Å². The summed E-state index contributed by atoms with van der Waals surface area (Å²) in [6.45, 7) is 1.45. The van der Waals surface area contributed by atoms with Crippen LogP contribution < -0.4 is 10.1 Å². The zero-order valence-corrected chi connectivity index (χ0v) is 10.6. The Bertz CT molecular complexity index is 561. The summed E-state index contributed by atoms with van der Waals surface area (Å²) in [7, 11) is 1.56. The standard InChI is InChI=1S/C13H14N4O2/c1-18-12-6-10(2-3-11(12)7-14)8-15-5-4-13-16-9-19-17-13/h2-3,6,9,15H,4-5,8H2,1H3. The summed E-state index contributed by atoms with van der Waals surface area (Å²) >= 11 is 0. The summed E-state index contributed by atoms with van der Waals surface area (Å²) in [5.74, 6) is 1.28. The minimum Gasteiger partial charge on any atom is -0.495 e. The molecule has 2 aromatic rings. The van der Waals surface area contributed by atoms with E-state index in [-0.39, 0.29) is 0 Å². The molecule has 0 fully saturated rings. The molecule has 0 amide bonds. The lowest BCUT2D eigenvalue weighted by molar-refractivity contribution is 0.409. The number of nitrogens with zero attached hydrogens (tertiary/aromatic N) is 3. The Balaban J connectivity index is 1.84. The van der Waals surface area contributed by atoms with Crippen LogP contribution in [0.5, 0.6) is 5.75 Å². The molecule has 1 N–H and O–H groups in total. The van der Waals surface area contributed by atoms with Gasteiger partial charge >= 0.3 is 0 Å². The maximum Gasteiger partial charge on any atom is 0.213 e. The van der Waals surface area contributed by atoms with E-state index in [1.165, 1.54) is 6.39 Å². The molecule has 2 rings (SSSR count). The number of ether oxygens (including phenoxy) is 1. The Morgan fingerprint density at radius 3 is 3.05 bits per heavy atom. The van der Waals surface area contributed by atoms with Crippen LogP contribution in [-0.4, -0.2) is 23.8 Å². The van der Waals surface area contributed by atoms with Gasteiger partial charge in [0.15, 0.2) is 5.82 Å². The largest absolute Gasteiger partial charge is 0.495 e. The van der Waals surface area contributed by atoms with Gasteiger partial charge in [-0.05, 0) is 17.7 Å². The predicted molar refractivity (Wildman–Crippen MR) is 67.4 cm³/mol. The maximum atomic E-state index is 8.89. The highest BCUT2D eigenvalue weighted by molar-refractivity contribution is 5.45. The Morgan fingerprint density at radius 1 is 1.47 bits per heavy atom. The molecule has 0 radical (unpaired) electrons. The number of hydrogen-bond donors (Lipinski definition) is 1. The molecule has 0 aliphatic carbocycles. The quantitative estimate of drug-likeness (QED) is 0.786. The van der Waals surface area contributed by atoms with Crippen molar-refractivity contribution in [3.05, 3.63) is 41.5 Å². The average Bonchev–Trinajstić information content (AvgIpc) is 2.96. The second-order valence-electron chi connectivity index (χ2n) is 3.92. The van der Waals surface area contributed by atoms with Gasteiger partial charge in [0.2, 0.25) is 6.39 Å². The molecule has 0 saturated heterocycles. The van der Waals surface area contributed by atoms with Gasteiger partial charge < -0.3 is 14.6 Å². The van der Waals surface area contributed by atoms with Crippen molar-refractivity contribution in [2.24, 2.45) is 0 Å². The number of methoxy groups -OCH3 is 1. The zero-order valence-electron chi connectivity index (χ0n) is 10.6. The molecule has 1 aromatic heterocycles. The zero-order chi connectivity index (χ0) is 13.5. The van der Waals surface area contributed by atoms with Crippen LogP contribution in [0.1, 0.15) is 17.0 Å². The number of nitriles is 1. The van der Waals surface area contributed by atoms with Crippen molar-refractivity contribution < 1.29 is 9.26 Å². The van der Waals surface area contributed by atoms with Crippen molar-refractivity contribution in [1.82, 2.24) is 15.5 Å². The van der Waals surface area contributed by atoms with Crippen LogP contribution in [0.15, 0.2) is 29.1 Å². The molecule has 0 unspecified atom stereocenters. The van der Waals surface area contributed by atoms with E-state index in [9.17, 15) is 0 Å². The van der Waals surface area contributed by atoms with E-state index in [1.807, 2.05) is 12.1 Å². The van der Waals surface area contributed by atoms with Gasteiger partial charge in [-0.2, -0.15) is 10.2 Å². The second kappa shape index (κ2) is 6.52. The van der Waals surface area contributed by atoms with E-state index >= 15 is 0 Å². The Labute approximate surface area is 111 Å². The molecule has 0 bridgehead atoms. The molecule has 98 valence electrons. The monoisotopic (exact) mass is 258 g/mol. The van der Waals surface area contributed by atoms with Gasteiger partial charge in [0, 0.05) is 19.5 Å². The third-order valence-electron chi connectivity index (χ3n) is 2.65. The van der Waals surface area contributed by atoms with Crippen LogP contribution in [-0.2, 0) is 13.0 Å². The summed E-state index contributed by atoms with van der Waals surface area (Å²) < 4.78 is 9.81. The molecule has 0 saturated carbocycles. The molecule has 0 aliphatic rings. The van der Waals surface area contributed by atoms with E-state index in [4.69, 9.17) is 10.00 Å². The van der Waals surface area contributed by atoms with Crippen molar-refractivity contribution in [2.45, 2.75) is 13.0 Å². The van der Waals surface area contributed by atoms with Crippen molar-refractivity contribution >= 4 is 0 Å². The van der Waals surface area contributed by atoms with Gasteiger partial charge in [-0.15, -0.1) is 0 Å². The van der Waals surface area contributed by atoms with Crippen molar-refractivity contribution in [2.75, 3.05) is 13.7 Å². The smallest absolute Gasteiger partial charge is 0.213 e. The van der Waals surface area contributed by atoms with Crippen LogP contribution >= 0.6 is 0 Å². The van der Waals surface area contributed by atoms with Crippen LogP contribution in [0, 0.1) is 11.3 Å². The van der Waals surface area contributed by atoms with Gasteiger partial charge in [-0.3, -0.25) is 0 Å². The molecule has 6 heteroatoms. The second-order valence-corrected chi connectivity index (χ2v) is 3.92. The maximum absolute atomic E-state index is 8.89. The van der Waals surface area contributed by atoms with Gasteiger partial charge in [0.1, 0.15) is 11.8 Å². The first-order valence-corrected chi connectivity index (χ1v) is 5.86. The lowest BCUT2D eigenvalue weighted by Gasteiger charge is -2.07. The first-order valence-electron chi connectivity index (χ1n) is 5.86. The minimum atomic E-state index is 0.540. The van der Waals surface area contributed by atoms with E-state index in [2.05, 4.69) is 26.0 Å². The number of rotatable bonds is 6. The van der Waals surface area contributed by atoms with Crippen molar-refractivity contribution in [1.29, 1.82) is 5.26 Å². The van der Waals surface area contributed by atoms with Gasteiger partial charge in [-0.1, -0.05) is 11.2 Å². The van der Waals surface area contributed by atoms with Crippen LogP contribution in [0.3, 0.4) is 0 Å². The molecular weight excluding hydrogens is 244 g/mol. The topological polar surface area (TPSA) is 84.0 Å². The van der Waals surface area contributed by atoms with Crippen LogP contribution in [0.4, 0.5) is 0 Å². The molecule has 0 atom stereocenters. The number of aromatic nitrogens is 2. The normalized spacial score (nSPS) is 10.1. The fraction of sp³-hybridized carbons (Fsp3) is 0.308. The Kier molecular flexibility index (Phi) is 4.48. The molecule has 19 heavy (non-hydrogen) atoms. The SMILES string of the molecule is COc1cc(CNCCc2ncon2)ccc1C#N. The van der Waals surface area contributed by atoms with Crippen LogP contribution in [0.2, 0.25) is 0 Å². The molecule has 6 nitrogen and oxygen atoms in total. The highest BCUT2D eigenvalue weighted by Gasteiger charge is 2.03. The van der Waals surface area contributed by atoms with Crippen LogP contribution in [0.25, 0.3) is 0 Å². The lowest BCUT2D eigenvalue weighted by Crippen LogP contribution is -2.17. The summed E-state index contributed by atoms with van der Waals surface area (Å²) in [5.41, 5.74) is 1.60. The molecule has 1 aromatic carbocycles. The third kappa shape index (κ3) is 3.53. The summed E-state index contributed by atoms with van der Waals surface area (Å²) in [4.78, 5) is 3.94. The van der Waals surface area contributed by atoms with Gasteiger partial charge in [-0.25, -0.2) is 0 Å². The number of hydrogen-bond acceptors (Lipinski definition) is 6. The van der Waals surface area contributed by atoms with E-state index < -0.39 is 0 Å². The Morgan fingerprint density at radius 2 is 2.37 bits per heavy atom. The Hall–Kier alpha value is -2.39. The summed E-state index contributed by atoms with van der Waals surface area (Å²) in [5, 5.41) is 15.9. The highest BCUT2D eigenvalue weighted by atomic mass is 16.5. The van der Waals surface area contributed by atoms with E-state index in [0.717, 1.165) is 12.1 Å². The van der Waals surface area contributed by atoms with Crippen molar-refractivity contribution in [3.63, 3.8) is 0 Å². The lowest BCUT2D eigenvalue weighted by atomic mass is 10.1. The minimum absolute atomic E-state index is 0.540. The average molecular weight is 258 g/mol. The molecular formula is C13H14N4O2. The molecule has 0 spiro atoms. The first-order chi connectivity index (χ1) is 9.33. The molecule has 1 heterocycles.